The third-order valence-electron chi connectivity index (χ3n) is 4.11. The largest absolute Gasteiger partial charge is 0.496 e. The minimum Gasteiger partial charge on any atom is -0.496 e. The SMILES string of the molecule is CCCNC(c1cc(Br)c(C)cc1OC)C(C)(C)CC. The predicted molar refractivity (Wildman–Crippen MR) is 90.5 cm³/mol. The van der Waals surface area contributed by atoms with Gasteiger partial charge in [-0.3, -0.25) is 0 Å². The van der Waals surface area contributed by atoms with Crippen molar-refractivity contribution in [1.29, 1.82) is 0 Å². The molecular formula is C17H28BrNO. The van der Waals surface area contributed by atoms with Crippen molar-refractivity contribution < 1.29 is 4.74 Å². The van der Waals surface area contributed by atoms with Gasteiger partial charge >= 0.3 is 0 Å². The third-order valence-corrected chi connectivity index (χ3v) is 4.97. The highest BCUT2D eigenvalue weighted by atomic mass is 79.9. The van der Waals surface area contributed by atoms with Crippen LogP contribution in [0.3, 0.4) is 0 Å². The number of rotatable bonds is 7. The van der Waals surface area contributed by atoms with E-state index in [0.717, 1.165) is 29.6 Å². The average Bonchev–Trinajstić information content (AvgIpc) is 2.42. The topological polar surface area (TPSA) is 21.3 Å². The van der Waals surface area contributed by atoms with Gasteiger partial charge in [0.25, 0.3) is 0 Å². The summed E-state index contributed by atoms with van der Waals surface area (Å²) in [5.74, 6) is 0.973. The zero-order chi connectivity index (χ0) is 15.3. The van der Waals surface area contributed by atoms with Crippen LogP contribution in [0.4, 0.5) is 0 Å². The highest BCUT2D eigenvalue weighted by molar-refractivity contribution is 9.10. The molecule has 1 rings (SSSR count). The highest BCUT2D eigenvalue weighted by Crippen LogP contribution is 2.41. The van der Waals surface area contributed by atoms with E-state index in [1.807, 2.05) is 0 Å². The number of benzene rings is 1. The lowest BCUT2D eigenvalue weighted by atomic mass is 9.78. The van der Waals surface area contributed by atoms with Crippen LogP contribution in [0.5, 0.6) is 5.75 Å². The number of ether oxygens (including phenoxy) is 1. The van der Waals surface area contributed by atoms with Gasteiger partial charge in [-0.05, 0) is 49.4 Å². The smallest absolute Gasteiger partial charge is 0.123 e. The Morgan fingerprint density at radius 3 is 2.45 bits per heavy atom. The summed E-state index contributed by atoms with van der Waals surface area (Å²) in [6.45, 7) is 12.2. The Labute approximate surface area is 132 Å². The molecule has 20 heavy (non-hydrogen) atoms. The summed E-state index contributed by atoms with van der Waals surface area (Å²) in [5, 5.41) is 3.70. The van der Waals surface area contributed by atoms with Gasteiger partial charge < -0.3 is 10.1 Å². The fourth-order valence-electron chi connectivity index (χ4n) is 2.37. The number of hydrogen-bond donors (Lipinski definition) is 1. The molecule has 0 aliphatic rings. The molecule has 1 aromatic rings. The minimum absolute atomic E-state index is 0.178. The summed E-state index contributed by atoms with van der Waals surface area (Å²) in [5.41, 5.74) is 2.62. The monoisotopic (exact) mass is 341 g/mol. The Kier molecular flexibility index (Phi) is 6.53. The van der Waals surface area contributed by atoms with Crippen molar-refractivity contribution in [3.05, 3.63) is 27.7 Å². The van der Waals surface area contributed by atoms with E-state index >= 15 is 0 Å². The molecule has 0 saturated heterocycles. The lowest BCUT2D eigenvalue weighted by Gasteiger charge is -2.36. The van der Waals surface area contributed by atoms with Crippen molar-refractivity contribution in [2.45, 2.75) is 53.5 Å². The second-order valence-electron chi connectivity index (χ2n) is 6.07. The highest BCUT2D eigenvalue weighted by Gasteiger charge is 2.31. The van der Waals surface area contributed by atoms with Gasteiger partial charge in [0.1, 0.15) is 5.75 Å². The second-order valence-corrected chi connectivity index (χ2v) is 6.93. The number of methoxy groups -OCH3 is 1. The van der Waals surface area contributed by atoms with Crippen molar-refractivity contribution in [2.24, 2.45) is 5.41 Å². The molecule has 0 amide bonds. The molecule has 0 fully saturated rings. The predicted octanol–water partition coefficient (Wildman–Crippen LogP) is 5.24. The second kappa shape index (κ2) is 7.46. The quantitative estimate of drug-likeness (QED) is 0.731. The first-order chi connectivity index (χ1) is 9.37. The number of nitrogens with one attached hydrogen (secondary N) is 1. The summed E-state index contributed by atoms with van der Waals surface area (Å²) in [7, 11) is 1.75. The van der Waals surface area contributed by atoms with E-state index in [-0.39, 0.29) is 5.41 Å². The molecule has 1 atom stereocenters. The molecule has 1 aromatic carbocycles. The Balaban J connectivity index is 3.29. The molecule has 0 spiro atoms. The van der Waals surface area contributed by atoms with E-state index in [2.05, 4.69) is 68.0 Å². The molecule has 0 saturated carbocycles. The van der Waals surface area contributed by atoms with Gasteiger partial charge in [0, 0.05) is 16.1 Å². The van der Waals surface area contributed by atoms with Gasteiger partial charge in [0.2, 0.25) is 0 Å². The van der Waals surface area contributed by atoms with Crippen molar-refractivity contribution in [3.63, 3.8) is 0 Å². The Hall–Kier alpha value is -0.540. The maximum absolute atomic E-state index is 5.62. The Morgan fingerprint density at radius 2 is 1.95 bits per heavy atom. The summed E-state index contributed by atoms with van der Waals surface area (Å²) < 4.78 is 6.76. The average molecular weight is 342 g/mol. The Morgan fingerprint density at radius 1 is 1.30 bits per heavy atom. The van der Waals surface area contributed by atoms with Gasteiger partial charge in [0.15, 0.2) is 0 Å². The maximum atomic E-state index is 5.62. The number of aryl methyl sites for hydroxylation is 1. The molecule has 0 radical (unpaired) electrons. The normalized spacial score (nSPS) is 13.3. The summed E-state index contributed by atoms with van der Waals surface area (Å²) >= 11 is 3.65. The van der Waals surface area contributed by atoms with Crippen LogP contribution in [0, 0.1) is 12.3 Å². The van der Waals surface area contributed by atoms with E-state index in [1.54, 1.807) is 7.11 Å². The van der Waals surface area contributed by atoms with E-state index in [9.17, 15) is 0 Å². The Bertz CT molecular complexity index is 443. The van der Waals surface area contributed by atoms with Gasteiger partial charge in [-0.15, -0.1) is 0 Å². The van der Waals surface area contributed by atoms with Crippen molar-refractivity contribution in [3.8, 4) is 5.75 Å². The van der Waals surface area contributed by atoms with E-state index < -0.39 is 0 Å². The molecule has 114 valence electrons. The van der Waals surface area contributed by atoms with E-state index in [4.69, 9.17) is 4.74 Å². The first-order valence-electron chi connectivity index (χ1n) is 7.44. The molecule has 0 aliphatic heterocycles. The van der Waals surface area contributed by atoms with Gasteiger partial charge in [-0.1, -0.05) is 43.6 Å². The van der Waals surface area contributed by atoms with Crippen molar-refractivity contribution in [2.75, 3.05) is 13.7 Å². The van der Waals surface area contributed by atoms with Crippen LogP contribution in [0.25, 0.3) is 0 Å². The van der Waals surface area contributed by atoms with Crippen LogP contribution in [0.2, 0.25) is 0 Å². The first kappa shape index (κ1) is 17.5. The van der Waals surface area contributed by atoms with Gasteiger partial charge in [0.05, 0.1) is 7.11 Å². The molecule has 1 N–H and O–H groups in total. The summed E-state index contributed by atoms with van der Waals surface area (Å²) in [6.07, 6.45) is 2.24. The van der Waals surface area contributed by atoms with Crippen LogP contribution in [0.15, 0.2) is 16.6 Å². The standard InChI is InChI=1S/C17H28BrNO/c1-7-9-19-16(17(4,5)8-2)13-11-14(18)12(3)10-15(13)20-6/h10-11,16,19H,7-9H2,1-6H3. The number of hydrogen-bond acceptors (Lipinski definition) is 2. The lowest BCUT2D eigenvalue weighted by molar-refractivity contribution is 0.229. The third kappa shape index (κ3) is 3.98. The fraction of sp³-hybridized carbons (Fsp3) is 0.647. The molecular weight excluding hydrogens is 314 g/mol. The van der Waals surface area contributed by atoms with Crippen molar-refractivity contribution >= 4 is 15.9 Å². The molecule has 2 nitrogen and oxygen atoms in total. The molecule has 0 aromatic heterocycles. The van der Waals surface area contributed by atoms with E-state index in [1.165, 1.54) is 11.1 Å². The van der Waals surface area contributed by atoms with Crippen molar-refractivity contribution in [1.82, 2.24) is 5.32 Å². The molecule has 3 heteroatoms. The van der Waals surface area contributed by atoms with Crippen LogP contribution in [-0.4, -0.2) is 13.7 Å². The molecule has 1 unspecified atom stereocenters. The van der Waals surface area contributed by atoms with Gasteiger partial charge in [-0.25, -0.2) is 0 Å². The first-order valence-corrected chi connectivity index (χ1v) is 8.24. The molecule has 0 aliphatic carbocycles. The maximum Gasteiger partial charge on any atom is 0.123 e. The van der Waals surface area contributed by atoms with Crippen LogP contribution < -0.4 is 10.1 Å². The number of halogens is 1. The van der Waals surface area contributed by atoms with Crippen LogP contribution in [0.1, 0.15) is 57.7 Å². The zero-order valence-corrected chi connectivity index (χ0v) is 15.2. The zero-order valence-electron chi connectivity index (χ0n) is 13.6. The lowest BCUT2D eigenvalue weighted by Crippen LogP contribution is -2.34. The molecule has 0 heterocycles. The molecule has 0 bridgehead atoms. The van der Waals surface area contributed by atoms with Crippen LogP contribution in [-0.2, 0) is 0 Å². The van der Waals surface area contributed by atoms with E-state index in [0.29, 0.717) is 6.04 Å². The summed E-state index contributed by atoms with van der Waals surface area (Å²) in [4.78, 5) is 0. The minimum atomic E-state index is 0.178. The van der Waals surface area contributed by atoms with Crippen LogP contribution >= 0.6 is 15.9 Å². The fourth-order valence-corrected chi connectivity index (χ4v) is 2.73. The van der Waals surface area contributed by atoms with Gasteiger partial charge in [-0.2, -0.15) is 0 Å². The summed E-state index contributed by atoms with van der Waals surface area (Å²) in [6, 6.07) is 4.62.